The Morgan fingerprint density at radius 3 is 2.63 bits per heavy atom. The predicted octanol–water partition coefficient (Wildman–Crippen LogP) is 3.16. The SMILES string of the molecule is Cc1nc(C)c(C(=O)NC(CCO[C@H]2C[C@@H](CCc3ccc4c(n3)NCCC4)C2)C(=O)O)c(C)n1. The molecule has 9 heteroatoms. The summed E-state index contributed by atoms with van der Waals surface area (Å²) in [5.74, 6) is 0.678. The predicted molar refractivity (Wildman–Crippen MR) is 132 cm³/mol. The van der Waals surface area contributed by atoms with Crippen molar-refractivity contribution < 1.29 is 19.4 Å². The molecular weight excluding hydrogens is 446 g/mol. The zero-order chi connectivity index (χ0) is 24.9. The highest BCUT2D eigenvalue weighted by molar-refractivity contribution is 5.98. The summed E-state index contributed by atoms with van der Waals surface area (Å²) in [7, 11) is 0. The average molecular weight is 482 g/mol. The van der Waals surface area contributed by atoms with E-state index in [2.05, 4.69) is 32.7 Å². The van der Waals surface area contributed by atoms with Gasteiger partial charge in [-0.2, -0.15) is 0 Å². The number of anilines is 1. The second-order valence-corrected chi connectivity index (χ2v) is 9.68. The van der Waals surface area contributed by atoms with Gasteiger partial charge in [0.15, 0.2) is 0 Å². The Balaban J connectivity index is 1.18. The number of amides is 1. The van der Waals surface area contributed by atoms with Crippen LogP contribution in [0.2, 0.25) is 0 Å². The van der Waals surface area contributed by atoms with Crippen LogP contribution in [0.5, 0.6) is 0 Å². The van der Waals surface area contributed by atoms with E-state index in [0.29, 0.717) is 28.7 Å². The topological polar surface area (TPSA) is 126 Å². The first-order valence-corrected chi connectivity index (χ1v) is 12.5. The molecule has 4 rings (SSSR count). The molecule has 2 aliphatic rings. The van der Waals surface area contributed by atoms with Crippen molar-refractivity contribution in [3.63, 3.8) is 0 Å². The first-order valence-electron chi connectivity index (χ1n) is 12.5. The van der Waals surface area contributed by atoms with Crippen molar-refractivity contribution in [1.82, 2.24) is 20.3 Å². The third-order valence-electron chi connectivity index (χ3n) is 6.93. The number of nitrogens with one attached hydrogen (secondary N) is 2. The first-order chi connectivity index (χ1) is 16.8. The Hall–Kier alpha value is -3.07. The number of rotatable bonds is 10. The Labute approximate surface area is 206 Å². The number of fused-ring (bicyclic) bond motifs is 1. The number of carbonyl (C=O) groups is 2. The van der Waals surface area contributed by atoms with Gasteiger partial charge in [0, 0.05) is 25.3 Å². The van der Waals surface area contributed by atoms with Crippen LogP contribution in [0.3, 0.4) is 0 Å². The Kier molecular flexibility index (Phi) is 7.95. The van der Waals surface area contributed by atoms with Crippen molar-refractivity contribution in [1.29, 1.82) is 0 Å². The Morgan fingerprint density at radius 1 is 1.17 bits per heavy atom. The van der Waals surface area contributed by atoms with Gasteiger partial charge in [0.1, 0.15) is 17.7 Å². The lowest BCUT2D eigenvalue weighted by molar-refractivity contribution is -0.140. The lowest BCUT2D eigenvalue weighted by Gasteiger charge is -2.35. The maximum absolute atomic E-state index is 12.7. The standard InChI is InChI=1S/C26H35N5O4/c1-15-23(16(2)29-17(3)28-15)25(32)31-22(26(33)34)10-12-35-21-13-18(14-21)6-8-20-9-7-19-5-4-11-27-24(19)30-20/h7,9,18,21-22H,4-6,8,10-14H2,1-3H3,(H,27,30)(H,31,32)(H,33,34)/t18-,21+,22?. The van der Waals surface area contributed by atoms with Crippen molar-refractivity contribution >= 4 is 17.7 Å². The molecule has 1 unspecified atom stereocenters. The Bertz CT molecular complexity index is 1060. The summed E-state index contributed by atoms with van der Waals surface area (Å²) in [4.78, 5) is 37.6. The van der Waals surface area contributed by atoms with Crippen LogP contribution in [-0.4, -0.2) is 57.2 Å². The monoisotopic (exact) mass is 481 g/mol. The molecule has 9 nitrogen and oxygen atoms in total. The molecule has 1 fully saturated rings. The average Bonchev–Trinajstić information content (AvgIpc) is 2.78. The van der Waals surface area contributed by atoms with Crippen molar-refractivity contribution in [3.8, 4) is 0 Å². The van der Waals surface area contributed by atoms with Gasteiger partial charge in [-0.3, -0.25) is 4.79 Å². The summed E-state index contributed by atoms with van der Waals surface area (Å²) in [6.45, 7) is 6.49. The van der Waals surface area contributed by atoms with Crippen molar-refractivity contribution in [2.24, 2.45) is 5.92 Å². The lowest BCUT2D eigenvalue weighted by Crippen LogP contribution is -2.42. The molecular formula is C26H35N5O4. The van der Waals surface area contributed by atoms with Gasteiger partial charge in [-0.05, 0) is 76.8 Å². The minimum atomic E-state index is -1.08. The maximum atomic E-state index is 12.7. The molecule has 1 amide bonds. The second-order valence-electron chi connectivity index (χ2n) is 9.68. The van der Waals surface area contributed by atoms with E-state index in [9.17, 15) is 14.7 Å². The lowest BCUT2D eigenvalue weighted by atomic mass is 9.79. The molecule has 0 radical (unpaired) electrons. The third kappa shape index (κ3) is 6.33. The molecule has 0 aromatic carbocycles. The number of carbonyl (C=O) groups excluding carboxylic acids is 1. The number of aromatic nitrogens is 3. The zero-order valence-electron chi connectivity index (χ0n) is 20.8. The summed E-state index contributed by atoms with van der Waals surface area (Å²) in [6, 6.07) is 3.31. The van der Waals surface area contributed by atoms with Crippen molar-refractivity contribution in [2.45, 2.75) is 77.9 Å². The minimum Gasteiger partial charge on any atom is -0.480 e. The normalized spacial score (nSPS) is 19.7. The third-order valence-corrected chi connectivity index (χ3v) is 6.93. The summed E-state index contributed by atoms with van der Waals surface area (Å²) >= 11 is 0. The molecule has 0 saturated heterocycles. The van der Waals surface area contributed by atoms with Crippen LogP contribution in [0, 0.1) is 26.7 Å². The number of hydrogen-bond donors (Lipinski definition) is 3. The van der Waals surface area contributed by atoms with Gasteiger partial charge < -0.3 is 20.5 Å². The molecule has 1 aliphatic heterocycles. The van der Waals surface area contributed by atoms with E-state index in [1.165, 1.54) is 5.56 Å². The van der Waals surface area contributed by atoms with Gasteiger partial charge in [0.2, 0.25) is 0 Å². The van der Waals surface area contributed by atoms with E-state index in [-0.39, 0.29) is 19.1 Å². The molecule has 3 heterocycles. The van der Waals surface area contributed by atoms with Crippen LogP contribution >= 0.6 is 0 Å². The summed E-state index contributed by atoms with van der Waals surface area (Å²) < 4.78 is 5.90. The number of hydrogen-bond acceptors (Lipinski definition) is 7. The summed E-state index contributed by atoms with van der Waals surface area (Å²) in [5.41, 5.74) is 3.84. The molecule has 188 valence electrons. The van der Waals surface area contributed by atoms with Crippen molar-refractivity contribution in [2.75, 3.05) is 18.5 Å². The highest BCUT2D eigenvalue weighted by atomic mass is 16.5. The number of carboxylic acids is 1. The molecule has 1 atom stereocenters. The fraction of sp³-hybridized carbons (Fsp3) is 0.577. The smallest absolute Gasteiger partial charge is 0.326 e. The molecule has 0 bridgehead atoms. The van der Waals surface area contributed by atoms with Crippen LogP contribution < -0.4 is 10.6 Å². The molecule has 2 aromatic rings. The number of ether oxygens (including phenoxy) is 1. The van der Waals surface area contributed by atoms with Gasteiger partial charge >= 0.3 is 5.97 Å². The molecule has 1 aliphatic carbocycles. The zero-order valence-corrected chi connectivity index (χ0v) is 20.8. The fourth-order valence-electron chi connectivity index (χ4n) is 4.96. The highest BCUT2D eigenvalue weighted by Crippen LogP contribution is 2.34. The van der Waals surface area contributed by atoms with Crippen LogP contribution in [0.1, 0.15) is 70.9 Å². The van der Waals surface area contributed by atoms with Gasteiger partial charge in [-0.25, -0.2) is 19.7 Å². The van der Waals surface area contributed by atoms with E-state index < -0.39 is 17.9 Å². The van der Waals surface area contributed by atoms with Crippen LogP contribution in [-0.2, 0) is 22.4 Å². The largest absolute Gasteiger partial charge is 0.480 e. The fourth-order valence-corrected chi connectivity index (χ4v) is 4.96. The number of carboxylic acid groups (broad SMARTS) is 1. The van der Waals surface area contributed by atoms with Gasteiger partial charge in [-0.1, -0.05) is 6.07 Å². The van der Waals surface area contributed by atoms with E-state index in [4.69, 9.17) is 9.72 Å². The number of pyridine rings is 1. The van der Waals surface area contributed by atoms with Crippen LogP contribution in [0.25, 0.3) is 0 Å². The number of nitrogens with zero attached hydrogens (tertiary/aromatic N) is 3. The van der Waals surface area contributed by atoms with Crippen LogP contribution in [0.15, 0.2) is 12.1 Å². The maximum Gasteiger partial charge on any atom is 0.326 e. The van der Waals surface area contributed by atoms with Crippen molar-refractivity contribution in [3.05, 3.63) is 46.2 Å². The molecule has 0 spiro atoms. The molecule has 2 aromatic heterocycles. The van der Waals surface area contributed by atoms with Crippen LogP contribution in [0.4, 0.5) is 5.82 Å². The summed E-state index contributed by atoms with van der Waals surface area (Å²) in [6.07, 6.45) is 6.62. The quantitative estimate of drug-likeness (QED) is 0.472. The highest BCUT2D eigenvalue weighted by Gasteiger charge is 2.30. The van der Waals surface area contributed by atoms with Gasteiger partial charge in [-0.15, -0.1) is 0 Å². The van der Waals surface area contributed by atoms with E-state index in [1.54, 1.807) is 20.8 Å². The minimum absolute atomic E-state index is 0.151. The first kappa shape index (κ1) is 25.0. The molecule has 35 heavy (non-hydrogen) atoms. The molecule has 1 saturated carbocycles. The second kappa shape index (κ2) is 11.1. The summed E-state index contributed by atoms with van der Waals surface area (Å²) in [5, 5.41) is 15.6. The van der Waals surface area contributed by atoms with E-state index in [0.717, 1.165) is 56.6 Å². The van der Waals surface area contributed by atoms with E-state index >= 15 is 0 Å². The number of aryl methyl sites for hydroxylation is 5. The van der Waals surface area contributed by atoms with Gasteiger partial charge in [0.05, 0.1) is 23.1 Å². The Morgan fingerprint density at radius 2 is 1.91 bits per heavy atom. The number of aliphatic carboxylic acids is 1. The van der Waals surface area contributed by atoms with Gasteiger partial charge in [0.25, 0.3) is 5.91 Å². The molecule has 3 N–H and O–H groups in total. The van der Waals surface area contributed by atoms with E-state index in [1.807, 2.05) is 0 Å².